The van der Waals surface area contributed by atoms with E-state index in [1.165, 1.54) is 64.2 Å². The molecule has 0 aromatic heterocycles. The summed E-state index contributed by atoms with van der Waals surface area (Å²) in [7, 11) is -2.66. The minimum atomic E-state index is -3.82. The smallest absolute Gasteiger partial charge is 0.252 e. The highest BCUT2D eigenvalue weighted by atomic mass is 32.3. The van der Waals surface area contributed by atoms with Gasteiger partial charge in [0.2, 0.25) is 0 Å². The summed E-state index contributed by atoms with van der Waals surface area (Å²) in [6, 6.07) is 0. The fourth-order valence-electron chi connectivity index (χ4n) is 9.58. The molecule has 0 heterocycles. The highest BCUT2D eigenvalue weighted by molar-refractivity contribution is 7.81. The number of fused-ring (bicyclic) bond motifs is 5. The SMILES string of the molecule is CC[C@H]1CC2C3CCC(C(C)CCOS(=O)(=O)OC)C3(C)CCC2C2(C)CCCCC12. The molecule has 4 aliphatic rings. The maximum atomic E-state index is 11.5. The van der Waals surface area contributed by atoms with Gasteiger partial charge in [-0.3, -0.25) is 4.18 Å². The van der Waals surface area contributed by atoms with Crippen molar-refractivity contribution in [2.24, 2.45) is 52.3 Å². The lowest BCUT2D eigenvalue weighted by atomic mass is 9.42. The molecular weight excluding hydrogens is 408 g/mol. The van der Waals surface area contributed by atoms with Crippen molar-refractivity contribution in [2.75, 3.05) is 13.7 Å². The van der Waals surface area contributed by atoms with Crippen LogP contribution in [0.1, 0.15) is 98.3 Å². The van der Waals surface area contributed by atoms with Crippen LogP contribution in [-0.4, -0.2) is 22.1 Å². The summed E-state index contributed by atoms with van der Waals surface area (Å²) in [5.41, 5.74) is 0.992. The van der Waals surface area contributed by atoms with Gasteiger partial charge < -0.3 is 0 Å². The van der Waals surface area contributed by atoms with Gasteiger partial charge in [-0.1, -0.05) is 47.0 Å². The largest absolute Gasteiger partial charge is 0.399 e. The Morgan fingerprint density at radius 2 is 1.71 bits per heavy atom. The standard InChI is InChI=1S/C26H46O4S/c1-6-19-17-20-23-11-10-21(18(2)13-16-30-31(27,28)29-5)26(23,4)15-12-24(20)25(3)14-8-7-9-22(19)25/h18-24H,6-17H2,1-5H3/t18?,19-,20?,21?,22?,23?,24?,25?,26?/m0/s1. The molecule has 0 aromatic rings. The van der Waals surface area contributed by atoms with Crippen LogP contribution in [0.15, 0.2) is 0 Å². The van der Waals surface area contributed by atoms with E-state index in [9.17, 15) is 8.42 Å². The summed E-state index contributed by atoms with van der Waals surface area (Å²) in [5, 5.41) is 0. The van der Waals surface area contributed by atoms with E-state index in [2.05, 4.69) is 31.9 Å². The monoisotopic (exact) mass is 454 g/mol. The van der Waals surface area contributed by atoms with Gasteiger partial charge in [-0.15, -0.1) is 0 Å². The molecule has 0 radical (unpaired) electrons. The van der Waals surface area contributed by atoms with Crippen molar-refractivity contribution in [3.05, 3.63) is 0 Å². The Balaban J connectivity index is 1.48. The fourth-order valence-corrected chi connectivity index (χ4v) is 9.98. The van der Waals surface area contributed by atoms with E-state index < -0.39 is 10.4 Å². The number of hydrogen-bond acceptors (Lipinski definition) is 4. The van der Waals surface area contributed by atoms with Gasteiger partial charge in [0.15, 0.2) is 0 Å². The summed E-state index contributed by atoms with van der Waals surface area (Å²) < 4.78 is 32.5. The van der Waals surface area contributed by atoms with E-state index in [4.69, 9.17) is 4.18 Å². The second-order valence-corrected chi connectivity index (χ2v) is 13.4. The van der Waals surface area contributed by atoms with Crippen LogP contribution in [0.3, 0.4) is 0 Å². The molecule has 31 heavy (non-hydrogen) atoms. The van der Waals surface area contributed by atoms with Crippen molar-refractivity contribution >= 4 is 10.4 Å². The first-order chi connectivity index (χ1) is 14.7. The number of rotatable bonds is 7. The molecule has 9 atom stereocenters. The molecule has 4 fully saturated rings. The van der Waals surface area contributed by atoms with Crippen LogP contribution in [-0.2, 0) is 18.8 Å². The molecule has 8 unspecified atom stereocenters. The highest BCUT2D eigenvalue weighted by Crippen LogP contribution is 2.69. The van der Waals surface area contributed by atoms with Crippen LogP contribution in [0, 0.1) is 52.3 Å². The predicted octanol–water partition coefficient (Wildman–Crippen LogP) is 6.61. The minimum absolute atomic E-state index is 0.234. The zero-order chi connectivity index (χ0) is 22.4. The van der Waals surface area contributed by atoms with Gasteiger partial charge in [-0.2, -0.15) is 8.42 Å². The zero-order valence-corrected chi connectivity index (χ0v) is 21.4. The van der Waals surface area contributed by atoms with Crippen LogP contribution in [0.25, 0.3) is 0 Å². The van der Waals surface area contributed by atoms with E-state index in [-0.39, 0.29) is 6.61 Å². The highest BCUT2D eigenvalue weighted by Gasteiger charge is 2.61. The lowest BCUT2D eigenvalue weighted by molar-refractivity contribution is -0.138. The lowest BCUT2D eigenvalue weighted by Gasteiger charge is -2.63. The Kier molecular flexibility index (Phi) is 6.90. The van der Waals surface area contributed by atoms with Gasteiger partial charge in [0, 0.05) is 0 Å². The van der Waals surface area contributed by atoms with Crippen molar-refractivity contribution < 1.29 is 16.8 Å². The lowest BCUT2D eigenvalue weighted by Crippen LogP contribution is -2.55. The normalized spacial score (nSPS) is 46.1. The van der Waals surface area contributed by atoms with Crippen molar-refractivity contribution in [1.29, 1.82) is 0 Å². The first-order valence-corrected chi connectivity index (χ1v) is 14.4. The molecule has 0 aliphatic heterocycles. The molecule has 4 rings (SSSR count). The first-order valence-electron chi connectivity index (χ1n) is 13.1. The molecule has 0 saturated heterocycles. The molecule has 4 saturated carbocycles. The average molecular weight is 455 g/mol. The molecule has 0 bridgehead atoms. The third kappa shape index (κ3) is 4.14. The summed E-state index contributed by atoms with van der Waals surface area (Å²) >= 11 is 0. The van der Waals surface area contributed by atoms with Gasteiger partial charge in [-0.25, -0.2) is 4.18 Å². The quantitative estimate of drug-likeness (QED) is 0.434. The summed E-state index contributed by atoms with van der Waals surface area (Å²) in [6.45, 7) is 10.3. The van der Waals surface area contributed by atoms with Crippen LogP contribution >= 0.6 is 0 Å². The third-order valence-electron chi connectivity index (χ3n) is 11.0. The topological polar surface area (TPSA) is 52.6 Å². The predicted molar refractivity (Wildman–Crippen MR) is 125 cm³/mol. The third-order valence-corrected chi connectivity index (χ3v) is 11.9. The van der Waals surface area contributed by atoms with E-state index >= 15 is 0 Å². The van der Waals surface area contributed by atoms with Crippen molar-refractivity contribution in [3.63, 3.8) is 0 Å². The Morgan fingerprint density at radius 1 is 0.968 bits per heavy atom. The summed E-state index contributed by atoms with van der Waals surface area (Å²) in [6.07, 6.45) is 14.9. The van der Waals surface area contributed by atoms with Crippen molar-refractivity contribution in [3.8, 4) is 0 Å². The molecule has 5 heteroatoms. The van der Waals surface area contributed by atoms with E-state index in [1.807, 2.05) is 0 Å². The molecule has 4 aliphatic carbocycles. The van der Waals surface area contributed by atoms with Crippen LogP contribution in [0.5, 0.6) is 0 Å². The van der Waals surface area contributed by atoms with Crippen LogP contribution < -0.4 is 0 Å². The molecule has 180 valence electrons. The summed E-state index contributed by atoms with van der Waals surface area (Å²) in [5.74, 6) is 5.77. The second kappa shape index (κ2) is 8.91. The first kappa shape index (κ1) is 24.0. The molecule has 0 N–H and O–H groups in total. The van der Waals surface area contributed by atoms with Gasteiger partial charge in [-0.05, 0) is 104 Å². The van der Waals surface area contributed by atoms with E-state index in [1.54, 1.807) is 0 Å². The Labute approximate surface area is 191 Å². The fraction of sp³-hybridized carbons (Fsp3) is 1.00. The Morgan fingerprint density at radius 3 is 2.42 bits per heavy atom. The van der Waals surface area contributed by atoms with Crippen LogP contribution in [0.4, 0.5) is 0 Å². The second-order valence-electron chi connectivity index (χ2n) is 12.0. The molecule has 0 aromatic carbocycles. The van der Waals surface area contributed by atoms with Gasteiger partial charge in [0.05, 0.1) is 13.7 Å². The van der Waals surface area contributed by atoms with Gasteiger partial charge in [0.1, 0.15) is 0 Å². The molecule has 4 nitrogen and oxygen atoms in total. The minimum Gasteiger partial charge on any atom is -0.252 e. The van der Waals surface area contributed by atoms with Crippen LogP contribution in [0.2, 0.25) is 0 Å². The van der Waals surface area contributed by atoms with Gasteiger partial charge >= 0.3 is 10.4 Å². The molecule has 0 amide bonds. The van der Waals surface area contributed by atoms with Crippen molar-refractivity contribution in [1.82, 2.24) is 0 Å². The zero-order valence-electron chi connectivity index (χ0n) is 20.6. The van der Waals surface area contributed by atoms with E-state index in [0.29, 0.717) is 22.7 Å². The Bertz CT molecular complexity index is 736. The average Bonchev–Trinajstić information content (AvgIpc) is 3.10. The molecule has 0 spiro atoms. The number of hydrogen-bond donors (Lipinski definition) is 0. The van der Waals surface area contributed by atoms with Crippen molar-refractivity contribution in [2.45, 2.75) is 98.3 Å². The maximum absolute atomic E-state index is 11.5. The Hall–Kier alpha value is -0.130. The van der Waals surface area contributed by atoms with Gasteiger partial charge in [0.25, 0.3) is 0 Å². The maximum Gasteiger partial charge on any atom is 0.399 e. The van der Waals surface area contributed by atoms with E-state index in [0.717, 1.165) is 43.1 Å². The summed E-state index contributed by atoms with van der Waals surface area (Å²) in [4.78, 5) is 0. The molecular formula is C26H46O4S.